The maximum Gasteiger partial charge on any atom is 0.460 e. The SMILES string of the molecule is CCCCCCCCCCCCCCCCCCSSCCNC(=O)C(F)(F)C(F)(F)C(F)(F)C(F)(F)C(F)(F)C(F)(F)C(F)(F)C(F)(F)F. The molecule has 50 heavy (non-hydrogen) atoms. The Morgan fingerprint density at radius 2 is 0.720 bits per heavy atom. The van der Waals surface area contributed by atoms with Gasteiger partial charge in [-0.3, -0.25) is 4.79 Å². The minimum absolute atomic E-state index is 0.361. The van der Waals surface area contributed by atoms with Crippen LogP contribution in [0.3, 0.4) is 0 Å². The Bertz CT molecular complexity index is 978. The lowest BCUT2D eigenvalue weighted by Gasteiger charge is -2.42. The van der Waals surface area contributed by atoms with E-state index >= 15 is 0 Å². The molecule has 21 heteroatoms. The smallest absolute Gasteiger partial charge is 0.350 e. The van der Waals surface area contributed by atoms with Crippen LogP contribution < -0.4 is 5.32 Å². The highest BCUT2D eigenvalue weighted by Gasteiger charge is 2.95. The van der Waals surface area contributed by atoms with E-state index in [4.69, 9.17) is 0 Å². The van der Waals surface area contributed by atoms with Gasteiger partial charge in [-0.1, -0.05) is 125 Å². The van der Waals surface area contributed by atoms with Crippen molar-refractivity contribution in [2.45, 2.75) is 157 Å². The molecule has 0 atom stereocenters. The van der Waals surface area contributed by atoms with Crippen LogP contribution in [-0.4, -0.2) is 71.6 Å². The first-order chi connectivity index (χ1) is 22.7. The highest BCUT2D eigenvalue weighted by atomic mass is 33.1. The molecule has 0 rings (SSSR count). The van der Waals surface area contributed by atoms with E-state index in [1.54, 1.807) is 0 Å². The van der Waals surface area contributed by atoms with Crippen LogP contribution in [0.15, 0.2) is 0 Å². The molecule has 0 radical (unpaired) electrons. The Balaban J connectivity index is 4.62. The van der Waals surface area contributed by atoms with E-state index in [0.717, 1.165) is 59.0 Å². The fraction of sp³-hybridized carbons (Fsp3) is 0.966. The summed E-state index contributed by atoms with van der Waals surface area (Å²) in [5, 5.41) is 0.939. The number of halogens is 17. The Morgan fingerprint density at radius 1 is 0.420 bits per heavy atom. The molecule has 0 unspecified atom stereocenters. The Kier molecular flexibility index (Phi) is 20.0. The summed E-state index contributed by atoms with van der Waals surface area (Å²) < 4.78 is 226. The first kappa shape index (κ1) is 49.0. The molecule has 1 amide bonds. The molecule has 2 nitrogen and oxygen atoms in total. The maximum absolute atomic E-state index is 13.9. The van der Waals surface area contributed by atoms with Crippen LogP contribution in [0.4, 0.5) is 74.6 Å². The predicted octanol–water partition coefficient (Wildman–Crippen LogP) is 12.8. The summed E-state index contributed by atoms with van der Waals surface area (Å²) in [6, 6.07) is 0. The van der Waals surface area contributed by atoms with Crippen molar-refractivity contribution in [1.82, 2.24) is 5.32 Å². The van der Waals surface area contributed by atoms with Crippen molar-refractivity contribution in [1.29, 1.82) is 0 Å². The first-order valence-electron chi connectivity index (χ1n) is 16.0. The molecule has 0 saturated carbocycles. The molecule has 300 valence electrons. The molecule has 0 spiro atoms. The quantitative estimate of drug-likeness (QED) is 0.0485. The zero-order valence-electron chi connectivity index (χ0n) is 27.1. The predicted molar refractivity (Wildman–Crippen MR) is 158 cm³/mol. The van der Waals surface area contributed by atoms with Crippen molar-refractivity contribution in [3.63, 3.8) is 0 Å². The van der Waals surface area contributed by atoms with E-state index in [1.807, 2.05) is 0 Å². The van der Waals surface area contributed by atoms with Gasteiger partial charge in [-0.15, -0.1) is 0 Å². The standard InChI is InChI=1S/C29H42F17NOS2/c1-2-3-4-5-6-7-8-9-10-11-12-13-14-15-16-17-19-49-50-20-18-47-21(48)22(30,31)23(32,33)24(34,35)25(36,37)26(38,39)27(40,41)28(42,43)29(44,45)46/h2-20H2,1H3,(H,47,48). The second-order valence-electron chi connectivity index (χ2n) is 11.7. The summed E-state index contributed by atoms with van der Waals surface area (Å²) in [5.74, 6) is -61.1. The minimum Gasteiger partial charge on any atom is -0.350 e. The van der Waals surface area contributed by atoms with Crippen molar-refractivity contribution < 1.29 is 79.4 Å². The van der Waals surface area contributed by atoms with E-state index in [9.17, 15) is 79.4 Å². The first-order valence-corrected chi connectivity index (χ1v) is 18.5. The number of carbonyl (C=O) groups is 1. The third-order valence-electron chi connectivity index (χ3n) is 7.64. The lowest BCUT2D eigenvalue weighted by Crippen LogP contribution is -2.75. The molecule has 0 aromatic heterocycles. The van der Waals surface area contributed by atoms with Crippen molar-refractivity contribution in [3.05, 3.63) is 0 Å². The summed E-state index contributed by atoms with van der Waals surface area (Å²) in [4.78, 5) is 11.5. The molecule has 0 aromatic rings. The number of amides is 1. The zero-order chi connectivity index (χ0) is 39.1. The molecule has 0 aliphatic heterocycles. The number of rotatable bonds is 28. The van der Waals surface area contributed by atoms with Crippen molar-refractivity contribution in [2.75, 3.05) is 18.1 Å². The average Bonchev–Trinajstić information content (AvgIpc) is 3.00. The van der Waals surface area contributed by atoms with Crippen LogP contribution in [-0.2, 0) is 4.79 Å². The van der Waals surface area contributed by atoms with Gasteiger partial charge in [-0.2, -0.15) is 74.6 Å². The topological polar surface area (TPSA) is 29.1 Å². The zero-order valence-corrected chi connectivity index (χ0v) is 28.7. The van der Waals surface area contributed by atoms with Gasteiger partial charge >= 0.3 is 47.6 Å². The number of hydrogen-bond acceptors (Lipinski definition) is 3. The average molecular weight is 808 g/mol. The van der Waals surface area contributed by atoms with Gasteiger partial charge in [-0.25, -0.2) is 0 Å². The van der Waals surface area contributed by atoms with Crippen LogP contribution in [0.25, 0.3) is 0 Å². The maximum atomic E-state index is 13.9. The van der Waals surface area contributed by atoms with E-state index in [2.05, 4.69) is 6.92 Å². The molecule has 0 aromatic carbocycles. The van der Waals surface area contributed by atoms with Gasteiger partial charge in [0.05, 0.1) is 0 Å². The third-order valence-corrected chi connectivity index (χ3v) is 10.1. The van der Waals surface area contributed by atoms with Crippen molar-refractivity contribution in [3.8, 4) is 0 Å². The highest BCUT2D eigenvalue weighted by Crippen LogP contribution is 2.64. The van der Waals surface area contributed by atoms with E-state index < -0.39 is 60.1 Å². The molecule has 0 bridgehead atoms. The molecule has 0 heterocycles. The monoisotopic (exact) mass is 807 g/mol. The second kappa shape index (κ2) is 20.4. The summed E-state index contributed by atoms with van der Waals surface area (Å²) in [6.07, 6.45) is 10.4. The van der Waals surface area contributed by atoms with Crippen molar-refractivity contribution >= 4 is 27.5 Å². The van der Waals surface area contributed by atoms with Gasteiger partial charge in [-0.05, 0) is 6.42 Å². The highest BCUT2D eigenvalue weighted by molar-refractivity contribution is 8.76. The molecular weight excluding hydrogens is 765 g/mol. The second-order valence-corrected chi connectivity index (χ2v) is 14.4. The third kappa shape index (κ3) is 12.0. The van der Waals surface area contributed by atoms with E-state index in [0.29, 0.717) is 12.2 Å². The van der Waals surface area contributed by atoms with Crippen LogP contribution in [0.1, 0.15) is 110 Å². The Hall–Kier alpha value is -1.02. The molecule has 1 N–H and O–H groups in total. The van der Waals surface area contributed by atoms with Crippen LogP contribution >= 0.6 is 21.6 Å². The number of carbonyl (C=O) groups excluding carboxylic acids is 1. The normalized spacial score (nSPS) is 14.4. The van der Waals surface area contributed by atoms with E-state index in [1.165, 1.54) is 64.2 Å². The molecule has 0 aliphatic rings. The molecular formula is C29H42F17NOS2. The molecule has 0 saturated heterocycles. The van der Waals surface area contributed by atoms with Crippen LogP contribution in [0.5, 0.6) is 0 Å². The van der Waals surface area contributed by atoms with Gasteiger partial charge in [0.15, 0.2) is 0 Å². The Labute approximate surface area is 287 Å². The van der Waals surface area contributed by atoms with Crippen molar-refractivity contribution in [2.24, 2.45) is 0 Å². The summed E-state index contributed by atoms with van der Waals surface area (Å²) >= 11 is 0. The van der Waals surface area contributed by atoms with Gasteiger partial charge in [0.25, 0.3) is 5.91 Å². The number of alkyl halides is 17. The van der Waals surface area contributed by atoms with Gasteiger partial charge in [0.1, 0.15) is 0 Å². The van der Waals surface area contributed by atoms with E-state index in [-0.39, 0.29) is 5.75 Å². The largest absolute Gasteiger partial charge is 0.460 e. The summed E-state index contributed by atoms with van der Waals surface area (Å²) in [5.41, 5.74) is 0. The lowest BCUT2D eigenvalue weighted by atomic mass is 9.89. The van der Waals surface area contributed by atoms with Crippen LogP contribution in [0, 0.1) is 0 Å². The van der Waals surface area contributed by atoms with Gasteiger partial charge in [0.2, 0.25) is 0 Å². The Morgan fingerprint density at radius 3 is 1.08 bits per heavy atom. The molecule has 0 aliphatic carbocycles. The summed E-state index contributed by atoms with van der Waals surface area (Å²) in [6.45, 7) is 1.17. The fourth-order valence-corrected chi connectivity index (χ4v) is 6.50. The number of nitrogens with one attached hydrogen (secondary N) is 1. The number of unbranched alkanes of at least 4 members (excludes halogenated alkanes) is 15. The van der Waals surface area contributed by atoms with Crippen LogP contribution in [0.2, 0.25) is 0 Å². The fourth-order valence-electron chi connectivity index (χ4n) is 4.45. The molecule has 0 fully saturated rings. The van der Waals surface area contributed by atoms with Gasteiger partial charge in [0, 0.05) is 18.1 Å². The van der Waals surface area contributed by atoms with Gasteiger partial charge < -0.3 is 5.32 Å². The minimum atomic E-state index is -8.72. The summed E-state index contributed by atoms with van der Waals surface area (Å²) in [7, 11) is 2.01. The lowest BCUT2D eigenvalue weighted by molar-refractivity contribution is -0.459. The number of hydrogen-bond donors (Lipinski definition) is 1.